The second-order valence-corrected chi connectivity index (χ2v) is 13.6. The van der Waals surface area contributed by atoms with E-state index in [-0.39, 0.29) is 24.8 Å². The Balaban J connectivity index is 0.00000684. The number of rotatable bonds is 21. The molecule has 8 heteroatoms. The van der Waals surface area contributed by atoms with Crippen molar-refractivity contribution in [3.05, 3.63) is 0 Å². The topological polar surface area (TPSA) is 42.5 Å². The lowest BCUT2D eigenvalue weighted by Crippen LogP contribution is -2.19. The normalized spacial score (nSPS) is 18.0. The van der Waals surface area contributed by atoms with Gasteiger partial charge in [0.05, 0.1) is 12.2 Å². The number of hydrogen-bond donors (Lipinski definition) is 2. The van der Waals surface area contributed by atoms with Crippen LogP contribution in [0.1, 0.15) is 128 Å². The monoisotopic (exact) mass is 616 g/mol. The molecule has 0 aromatic heterocycles. The highest BCUT2D eigenvalue weighted by Gasteiger charge is 2.12. The van der Waals surface area contributed by atoms with E-state index in [1.165, 1.54) is 140 Å². The molecule has 0 amide bonds. The Bertz CT molecular complexity index is 414. The highest BCUT2D eigenvalue weighted by atomic mass is 35.5. The van der Waals surface area contributed by atoms with Gasteiger partial charge in [-0.2, -0.15) is 0 Å². The molecule has 0 aliphatic heterocycles. The molecule has 230 valence electrons. The van der Waals surface area contributed by atoms with E-state index >= 15 is 0 Å². The molecule has 0 radical (unpaired) electrons. The van der Waals surface area contributed by atoms with Gasteiger partial charge in [-0.05, 0) is 77.3 Å². The van der Waals surface area contributed by atoms with E-state index < -0.39 is 0 Å². The minimum absolute atomic E-state index is 0. The summed E-state index contributed by atoms with van der Waals surface area (Å²) in [6, 6.07) is 0. The molecule has 0 aromatic rings. The van der Waals surface area contributed by atoms with Crippen LogP contribution in [0.4, 0.5) is 0 Å². The molecule has 0 atom stereocenters. The van der Waals surface area contributed by atoms with E-state index in [1.807, 2.05) is 21.6 Å². The zero-order chi connectivity index (χ0) is 25.2. The summed E-state index contributed by atoms with van der Waals surface area (Å²) < 4.78 is 12.3. The number of halogens is 2. The van der Waals surface area contributed by atoms with Gasteiger partial charge in [0.25, 0.3) is 0 Å². The van der Waals surface area contributed by atoms with Gasteiger partial charge in [0, 0.05) is 37.8 Å². The first-order valence-corrected chi connectivity index (χ1v) is 18.3. The molecule has 2 saturated carbocycles. The van der Waals surface area contributed by atoms with Crippen LogP contribution < -0.4 is 10.6 Å². The summed E-state index contributed by atoms with van der Waals surface area (Å²) in [5.41, 5.74) is 0. The summed E-state index contributed by atoms with van der Waals surface area (Å²) >= 11 is 0. The third-order valence-corrected chi connectivity index (χ3v) is 10.0. The Morgan fingerprint density at radius 3 is 1.21 bits per heavy atom. The molecule has 0 spiro atoms. The van der Waals surface area contributed by atoms with Gasteiger partial charge >= 0.3 is 0 Å². The second-order valence-electron chi connectivity index (χ2n) is 10.9. The van der Waals surface area contributed by atoms with Crippen molar-refractivity contribution >= 4 is 46.4 Å². The molecular weight excluding hydrogens is 555 g/mol. The van der Waals surface area contributed by atoms with Crippen molar-refractivity contribution in [2.45, 2.75) is 141 Å². The summed E-state index contributed by atoms with van der Waals surface area (Å²) in [5, 5.41) is 7.20. The zero-order valence-corrected chi connectivity index (χ0v) is 27.7. The van der Waals surface area contributed by atoms with E-state index in [2.05, 4.69) is 10.6 Å². The van der Waals surface area contributed by atoms with Crippen molar-refractivity contribution in [3.8, 4) is 0 Å². The van der Waals surface area contributed by atoms with Gasteiger partial charge in [-0.25, -0.2) is 0 Å². The Morgan fingerprint density at radius 2 is 0.816 bits per heavy atom. The van der Waals surface area contributed by atoms with Crippen LogP contribution >= 0.6 is 46.4 Å². The molecule has 0 heterocycles. The van der Waals surface area contributed by atoms with Crippen molar-refractivity contribution in [1.82, 2.24) is 10.6 Å². The maximum absolute atomic E-state index is 6.14. The standard InChI is InChI=1S/C30H60N2O2S2.2ClH/c1-3-9-17-29(18-10-4-1)33-25-15-7-13-21-31-23-27-35-36-28-24-32-22-14-8-16-26-34-30-19-11-5-2-6-12-20-30;;/h29-32H,1-28H2;2*1H. The number of nitrogens with one attached hydrogen (secondary N) is 2. The molecule has 2 N–H and O–H groups in total. The van der Waals surface area contributed by atoms with Gasteiger partial charge < -0.3 is 20.1 Å². The molecule has 0 aromatic carbocycles. The van der Waals surface area contributed by atoms with Crippen molar-refractivity contribution in [2.24, 2.45) is 0 Å². The third-order valence-electron chi connectivity index (χ3n) is 7.61. The Morgan fingerprint density at radius 1 is 0.447 bits per heavy atom. The lowest BCUT2D eigenvalue weighted by molar-refractivity contribution is 0.0331. The number of hydrogen-bond acceptors (Lipinski definition) is 6. The molecule has 2 rings (SSSR count). The molecule has 0 unspecified atom stereocenters. The van der Waals surface area contributed by atoms with Gasteiger partial charge in [-0.1, -0.05) is 85.8 Å². The molecule has 2 aliphatic rings. The maximum atomic E-state index is 6.14. The lowest BCUT2D eigenvalue weighted by Gasteiger charge is -2.20. The van der Waals surface area contributed by atoms with Crippen molar-refractivity contribution in [1.29, 1.82) is 0 Å². The average molecular weight is 618 g/mol. The van der Waals surface area contributed by atoms with Crippen LogP contribution in [0.3, 0.4) is 0 Å². The Kier molecular flexibility index (Phi) is 32.0. The van der Waals surface area contributed by atoms with Crippen molar-refractivity contribution in [2.75, 3.05) is 50.9 Å². The largest absolute Gasteiger partial charge is 0.378 e. The van der Waals surface area contributed by atoms with Crippen LogP contribution in [-0.4, -0.2) is 63.1 Å². The van der Waals surface area contributed by atoms with E-state index in [0.29, 0.717) is 12.2 Å². The van der Waals surface area contributed by atoms with Gasteiger partial charge in [-0.15, -0.1) is 24.8 Å². The lowest BCUT2D eigenvalue weighted by atomic mass is 9.98. The average Bonchev–Trinajstić information content (AvgIpc) is 2.84. The smallest absolute Gasteiger partial charge is 0.0575 e. The van der Waals surface area contributed by atoms with Crippen LogP contribution in [0, 0.1) is 0 Å². The van der Waals surface area contributed by atoms with Crippen LogP contribution in [0.2, 0.25) is 0 Å². The fourth-order valence-corrected chi connectivity index (χ4v) is 7.22. The summed E-state index contributed by atoms with van der Waals surface area (Å²) in [6.45, 7) is 6.52. The quantitative estimate of drug-likeness (QED) is 0.0990. The minimum atomic E-state index is 0. The minimum Gasteiger partial charge on any atom is -0.378 e. The molecule has 0 bridgehead atoms. The molecule has 2 aliphatic carbocycles. The van der Waals surface area contributed by atoms with Crippen LogP contribution in [-0.2, 0) is 9.47 Å². The van der Waals surface area contributed by atoms with E-state index in [4.69, 9.17) is 9.47 Å². The fourth-order valence-electron chi connectivity index (χ4n) is 5.32. The van der Waals surface area contributed by atoms with E-state index in [9.17, 15) is 0 Å². The van der Waals surface area contributed by atoms with Crippen LogP contribution in [0.5, 0.6) is 0 Å². The summed E-state index contributed by atoms with van der Waals surface area (Å²) in [7, 11) is 4.03. The predicted octanol–water partition coefficient (Wildman–Crippen LogP) is 8.99. The SMILES string of the molecule is C1CCCC(OCCCCCNCCSSCCNCCCCCOC2CCCCCCC2)CCC1.Cl.Cl. The first-order valence-electron chi connectivity index (χ1n) is 15.8. The predicted molar refractivity (Wildman–Crippen MR) is 177 cm³/mol. The zero-order valence-electron chi connectivity index (χ0n) is 24.4. The van der Waals surface area contributed by atoms with E-state index in [1.54, 1.807) is 0 Å². The maximum Gasteiger partial charge on any atom is 0.0575 e. The van der Waals surface area contributed by atoms with Crippen molar-refractivity contribution in [3.63, 3.8) is 0 Å². The molecule has 38 heavy (non-hydrogen) atoms. The second kappa shape index (κ2) is 31.1. The number of ether oxygens (including phenoxy) is 2. The highest BCUT2D eigenvalue weighted by molar-refractivity contribution is 8.76. The Hall–Kier alpha value is 1.12. The molecule has 4 nitrogen and oxygen atoms in total. The molecule has 2 fully saturated rings. The molecule has 0 saturated heterocycles. The van der Waals surface area contributed by atoms with E-state index in [0.717, 1.165) is 39.4 Å². The highest BCUT2D eigenvalue weighted by Crippen LogP contribution is 2.21. The van der Waals surface area contributed by atoms with Gasteiger partial charge in [0.2, 0.25) is 0 Å². The Labute approximate surface area is 257 Å². The summed E-state index contributed by atoms with van der Waals surface area (Å²) in [5.74, 6) is 2.41. The molecular formula is C30H62Cl2N2O2S2. The van der Waals surface area contributed by atoms with Gasteiger partial charge in [0.15, 0.2) is 0 Å². The summed E-state index contributed by atoms with van der Waals surface area (Å²) in [4.78, 5) is 0. The van der Waals surface area contributed by atoms with Gasteiger partial charge in [0.1, 0.15) is 0 Å². The first-order chi connectivity index (χ1) is 17.9. The number of unbranched alkanes of at least 4 members (excludes halogenated alkanes) is 4. The van der Waals surface area contributed by atoms with Gasteiger partial charge in [-0.3, -0.25) is 0 Å². The van der Waals surface area contributed by atoms with Crippen LogP contribution in [0.25, 0.3) is 0 Å². The fraction of sp³-hybridized carbons (Fsp3) is 1.00. The first kappa shape index (κ1) is 39.1. The van der Waals surface area contributed by atoms with Crippen LogP contribution in [0.15, 0.2) is 0 Å². The third kappa shape index (κ3) is 24.9. The van der Waals surface area contributed by atoms with Crippen molar-refractivity contribution < 1.29 is 9.47 Å². The summed E-state index contributed by atoms with van der Waals surface area (Å²) in [6.07, 6.45) is 27.9.